The molecule has 3 aromatic rings. The number of aryl methyl sites for hydroxylation is 1. The van der Waals surface area contributed by atoms with Crippen molar-refractivity contribution >= 4 is 17.5 Å². The van der Waals surface area contributed by atoms with Gasteiger partial charge < -0.3 is 15.8 Å². The largest absolute Gasteiger partial charge is 0.456 e. The van der Waals surface area contributed by atoms with Crippen LogP contribution in [0.5, 0.6) is 11.5 Å². The van der Waals surface area contributed by atoms with Crippen LogP contribution in [0.2, 0.25) is 0 Å². The normalized spacial score (nSPS) is 10.3. The lowest BCUT2D eigenvalue weighted by atomic mass is 10.1. The topological polar surface area (TPSA) is 81.4 Å². The highest BCUT2D eigenvalue weighted by atomic mass is 19.1. The zero-order valence-corrected chi connectivity index (χ0v) is 14.5. The van der Waals surface area contributed by atoms with Crippen LogP contribution in [-0.2, 0) is 0 Å². The molecule has 3 rings (SSSR count). The van der Waals surface area contributed by atoms with Crippen LogP contribution in [0.4, 0.5) is 10.1 Å². The molecule has 0 aromatic heterocycles. The highest BCUT2D eigenvalue weighted by Gasteiger charge is 2.14. The number of carbonyl (C=O) groups excluding carboxylic acids is 2. The number of ether oxygens (including phenoxy) is 1. The number of amides is 2. The summed E-state index contributed by atoms with van der Waals surface area (Å²) in [6.07, 6.45) is 0. The highest BCUT2D eigenvalue weighted by Crippen LogP contribution is 2.29. The molecule has 0 fully saturated rings. The number of para-hydroxylation sites is 1. The molecule has 0 spiro atoms. The van der Waals surface area contributed by atoms with Gasteiger partial charge in [-0.3, -0.25) is 9.59 Å². The SMILES string of the molecule is Cc1cc(F)ccc1Oc1ccccc1C(=O)Nc1cccc(C(N)=O)c1. The molecular formula is C21H17FN2O3. The first-order valence-corrected chi connectivity index (χ1v) is 8.18. The standard InChI is InChI=1S/C21H17FN2O3/c1-13-11-15(22)9-10-18(13)27-19-8-3-2-7-17(19)21(26)24-16-6-4-5-14(12-16)20(23)25/h2-12H,1H3,(H2,23,25)(H,24,26). The Bertz CT molecular complexity index is 1020. The summed E-state index contributed by atoms with van der Waals surface area (Å²) in [5, 5.41) is 2.72. The maximum absolute atomic E-state index is 13.3. The first-order valence-electron chi connectivity index (χ1n) is 8.18. The van der Waals surface area contributed by atoms with Crippen molar-refractivity contribution in [3.8, 4) is 11.5 Å². The van der Waals surface area contributed by atoms with Gasteiger partial charge in [-0.25, -0.2) is 4.39 Å². The Kier molecular flexibility index (Phi) is 5.17. The Morgan fingerprint density at radius 3 is 2.48 bits per heavy atom. The van der Waals surface area contributed by atoms with E-state index >= 15 is 0 Å². The fraction of sp³-hybridized carbons (Fsp3) is 0.0476. The lowest BCUT2D eigenvalue weighted by Crippen LogP contribution is -2.15. The van der Waals surface area contributed by atoms with Gasteiger partial charge >= 0.3 is 0 Å². The van der Waals surface area contributed by atoms with E-state index in [1.54, 1.807) is 49.4 Å². The van der Waals surface area contributed by atoms with Crippen molar-refractivity contribution < 1.29 is 18.7 Å². The fourth-order valence-electron chi connectivity index (χ4n) is 2.54. The van der Waals surface area contributed by atoms with Crippen LogP contribution < -0.4 is 15.8 Å². The van der Waals surface area contributed by atoms with Gasteiger partial charge in [-0.1, -0.05) is 18.2 Å². The van der Waals surface area contributed by atoms with Gasteiger partial charge in [-0.05, 0) is 61.0 Å². The monoisotopic (exact) mass is 364 g/mol. The number of carbonyl (C=O) groups is 2. The number of nitrogens with two attached hydrogens (primary N) is 1. The van der Waals surface area contributed by atoms with Crippen molar-refractivity contribution in [1.82, 2.24) is 0 Å². The quantitative estimate of drug-likeness (QED) is 0.709. The van der Waals surface area contributed by atoms with Crippen molar-refractivity contribution in [2.24, 2.45) is 5.73 Å². The van der Waals surface area contributed by atoms with E-state index < -0.39 is 11.8 Å². The first kappa shape index (κ1) is 18.1. The zero-order valence-electron chi connectivity index (χ0n) is 14.5. The Labute approximate surface area is 155 Å². The molecule has 6 heteroatoms. The number of nitrogens with one attached hydrogen (secondary N) is 1. The van der Waals surface area contributed by atoms with E-state index in [2.05, 4.69) is 5.32 Å². The van der Waals surface area contributed by atoms with Gasteiger partial charge in [-0.15, -0.1) is 0 Å². The third kappa shape index (κ3) is 4.30. The van der Waals surface area contributed by atoms with Gasteiger partial charge in [-0.2, -0.15) is 0 Å². The van der Waals surface area contributed by atoms with E-state index in [1.807, 2.05) is 0 Å². The fourth-order valence-corrected chi connectivity index (χ4v) is 2.54. The van der Waals surface area contributed by atoms with Crippen molar-refractivity contribution in [3.63, 3.8) is 0 Å². The van der Waals surface area contributed by atoms with Crippen molar-refractivity contribution in [1.29, 1.82) is 0 Å². The third-order valence-electron chi connectivity index (χ3n) is 3.89. The van der Waals surface area contributed by atoms with Gasteiger partial charge in [0.25, 0.3) is 5.91 Å². The van der Waals surface area contributed by atoms with Crippen molar-refractivity contribution in [3.05, 3.63) is 89.2 Å². The predicted octanol–water partition coefficient (Wildman–Crippen LogP) is 4.28. The van der Waals surface area contributed by atoms with E-state index in [4.69, 9.17) is 10.5 Å². The summed E-state index contributed by atoms with van der Waals surface area (Å²) in [6, 6.07) is 17.2. The van der Waals surface area contributed by atoms with E-state index in [0.717, 1.165) is 0 Å². The number of benzene rings is 3. The molecule has 5 nitrogen and oxygen atoms in total. The van der Waals surface area contributed by atoms with Gasteiger partial charge in [0.2, 0.25) is 5.91 Å². The van der Waals surface area contributed by atoms with E-state index in [9.17, 15) is 14.0 Å². The number of anilines is 1. The Hall–Kier alpha value is -3.67. The number of hydrogen-bond donors (Lipinski definition) is 2. The summed E-state index contributed by atoms with van der Waals surface area (Å²) in [5.74, 6) is -0.572. The highest BCUT2D eigenvalue weighted by molar-refractivity contribution is 6.06. The minimum absolute atomic E-state index is 0.291. The molecule has 3 aromatic carbocycles. The summed E-state index contributed by atoms with van der Waals surface area (Å²) < 4.78 is 19.1. The molecule has 0 radical (unpaired) electrons. The van der Waals surface area contributed by atoms with Gasteiger partial charge in [0.05, 0.1) is 5.56 Å². The average Bonchev–Trinajstić information content (AvgIpc) is 2.64. The first-order chi connectivity index (χ1) is 12.9. The number of hydrogen-bond acceptors (Lipinski definition) is 3. The van der Waals surface area contributed by atoms with Crippen LogP contribution in [0.25, 0.3) is 0 Å². The summed E-state index contributed by atoms with van der Waals surface area (Å²) in [4.78, 5) is 24.0. The van der Waals surface area contributed by atoms with E-state index in [1.165, 1.54) is 24.3 Å². The summed E-state index contributed by atoms with van der Waals surface area (Å²) >= 11 is 0. The van der Waals surface area contributed by atoms with Crippen molar-refractivity contribution in [2.45, 2.75) is 6.92 Å². The lowest BCUT2D eigenvalue weighted by Gasteiger charge is -2.13. The predicted molar refractivity (Wildman–Crippen MR) is 101 cm³/mol. The molecule has 0 aliphatic rings. The van der Waals surface area contributed by atoms with Gasteiger partial charge in [0.1, 0.15) is 17.3 Å². The van der Waals surface area contributed by atoms with Crippen LogP contribution in [0, 0.1) is 12.7 Å². The lowest BCUT2D eigenvalue weighted by molar-refractivity contribution is 0.0995. The third-order valence-corrected chi connectivity index (χ3v) is 3.89. The maximum Gasteiger partial charge on any atom is 0.259 e. The molecule has 0 saturated carbocycles. The molecule has 0 saturated heterocycles. The van der Waals surface area contributed by atoms with E-state index in [0.29, 0.717) is 33.9 Å². The molecule has 0 atom stereocenters. The number of primary amides is 1. The van der Waals surface area contributed by atoms with Gasteiger partial charge in [0.15, 0.2) is 0 Å². The van der Waals surface area contributed by atoms with Crippen LogP contribution in [0.3, 0.4) is 0 Å². The van der Waals surface area contributed by atoms with Crippen LogP contribution in [-0.4, -0.2) is 11.8 Å². The Morgan fingerprint density at radius 1 is 0.963 bits per heavy atom. The molecule has 0 heterocycles. The summed E-state index contributed by atoms with van der Waals surface area (Å²) in [7, 11) is 0. The van der Waals surface area contributed by atoms with E-state index in [-0.39, 0.29) is 5.82 Å². The smallest absolute Gasteiger partial charge is 0.259 e. The molecule has 0 aliphatic heterocycles. The Balaban J connectivity index is 1.86. The molecule has 2 amide bonds. The minimum atomic E-state index is -0.582. The maximum atomic E-state index is 13.3. The second kappa shape index (κ2) is 7.70. The van der Waals surface area contributed by atoms with Crippen LogP contribution in [0.15, 0.2) is 66.7 Å². The number of halogens is 1. The summed E-state index contributed by atoms with van der Waals surface area (Å²) in [6.45, 7) is 1.72. The molecular weight excluding hydrogens is 347 g/mol. The minimum Gasteiger partial charge on any atom is -0.456 e. The molecule has 27 heavy (non-hydrogen) atoms. The van der Waals surface area contributed by atoms with Gasteiger partial charge in [0, 0.05) is 11.3 Å². The molecule has 0 unspecified atom stereocenters. The Morgan fingerprint density at radius 2 is 1.74 bits per heavy atom. The number of rotatable bonds is 5. The molecule has 136 valence electrons. The second-order valence-corrected chi connectivity index (χ2v) is 5.91. The van der Waals surface area contributed by atoms with Crippen LogP contribution in [0.1, 0.15) is 26.3 Å². The zero-order chi connectivity index (χ0) is 19.4. The second-order valence-electron chi connectivity index (χ2n) is 5.91. The average molecular weight is 364 g/mol. The van der Waals surface area contributed by atoms with Crippen molar-refractivity contribution in [2.75, 3.05) is 5.32 Å². The molecule has 3 N–H and O–H groups in total. The van der Waals surface area contributed by atoms with Crippen LogP contribution >= 0.6 is 0 Å². The molecule has 0 bridgehead atoms. The molecule has 0 aliphatic carbocycles. The summed E-state index contributed by atoms with van der Waals surface area (Å²) in [5.41, 5.74) is 6.89.